The number of allylic oxidation sites excluding steroid dienone is 3. The van der Waals surface area contributed by atoms with E-state index in [-0.39, 0.29) is 24.4 Å². The van der Waals surface area contributed by atoms with Crippen molar-refractivity contribution in [1.82, 2.24) is 0 Å². The standard InChI is InChI=1S/C20H32O4/c1-2-3-4-5-6-7-8-9-10-12-17(21)15-16-19-18(24-19)13-11-14-20(22)23/h9-10,15-16,18-19H,2-8,11-14H2,1H3,(H,22,23)/b10-9-,16-15+. The molecular formula is C20H32O4. The first kappa shape index (κ1) is 20.6. The Hall–Kier alpha value is -1.42. The minimum atomic E-state index is -0.773. The van der Waals surface area contributed by atoms with Gasteiger partial charge in [0.1, 0.15) is 6.10 Å². The smallest absolute Gasteiger partial charge is 0.303 e. The number of unbranched alkanes of at least 4 members (excludes halogenated alkanes) is 6. The zero-order chi connectivity index (χ0) is 17.6. The zero-order valence-corrected chi connectivity index (χ0v) is 14.9. The predicted octanol–water partition coefficient (Wildman–Crippen LogP) is 4.83. The Morgan fingerprint density at radius 3 is 2.54 bits per heavy atom. The van der Waals surface area contributed by atoms with Gasteiger partial charge in [0.25, 0.3) is 0 Å². The average molecular weight is 336 g/mol. The number of carboxylic acids is 1. The second-order valence-corrected chi connectivity index (χ2v) is 6.48. The minimum Gasteiger partial charge on any atom is -0.481 e. The SMILES string of the molecule is CCCCCCCC/C=C\CC(=O)/C=C/C1OC1CCCC(=O)O. The maximum Gasteiger partial charge on any atom is 0.303 e. The van der Waals surface area contributed by atoms with Gasteiger partial charge in [-0.25, -0.2) is 0 Å². The Kier molecular flexibility index (Phi) is 11.1. The number of carboxylic acid groups (broad SMARTS) is 1. The van der Waals surface area contributed by atoms with Crippen LogP contribution in [0.5, 0.6) is 0 Å². The van der Waals surface area contributed by atoms with Crippen LogP contribution < -0.4 is 0 Å². The largest absolute Gasteiger partial charge is 0.481 e. The number of epoxide rings is 1. The Balaban J connectivity index is 1.98. The Morgan fingerprint density at radius 1 is 1.04 bits per heavy atom. The van der Waals surface area contributed by atoms with Gasteiger partial charge in [0, 0.05) is 12.8 Å². The lowest BCUT2D eigenvalue weighted by atomic mass is 10.1. The van der Waals surface area contributed by atoms with Crippen molar-refractivity contribution in [3.8, 4) is 0 Å². The van der Waals surface area contributed by atoms with E-state index in [1.54, 1.807) is 12.2 Å². The van der Waals surface area contributed by atoms with Gasteiger partial charge in [-0.2, -0.15) is 0 Å². The minimum absolute atomic E-state index is 0.00477. The monoisotopic (exact) mass is 336 g/mol. The fourth-order valence-corrected chi connectivity index (χ4v) is 2.64. The van der Waals surface area contributed by atoms with Crippen LogP contribution in [0.1, 0.15) is 77.6 Å². The van der Waals surface area contributed by atoms with Crippen LogP contribution in [0.2, 0.25) is 0 Å². The molecule has 4 heteroatoms. The summed E-state index contributed by atoms with van der Waals surface area (Å²) >= 11 is 0. The van der Waals surface area contributed by atoms with Crippen LogP contribution in [0.3, 0.4) is 0 Å². The summed E-state index contributed by atoms with van der Waals surface area (Å²) in [6.07, 6.45) is 18.4. The third-order valence-corrected chi connectivity index (χ3v) is 4.18. The fraction of sp³-hybridized carbons (Fsp3) is 0.700. The maximum absolute atomic E-state index is 11.7. The van der Waals surface area contributed by atoms with E-state index in [1.807, 2.05) is 6.08 Å². The van der Waals surface area contributed by atoms with Gasteiger partial charge in [0.2, 0.25) is 0 Å². The summed E-state index contributed by atoms with van der Waals surface area (Å²) in [6, 6.07) is 0. The first-order valence-corrected chi connectivity index (χ1v) is 9.36. The molecule has 0 saturated carbocycles. The molecule has 1 N–H and O–H groups in total. The number of ketones is 1. The predicted molar refractivity (Wildman–Crippen MR) is 96.0 cm³/mol. The van der Waals surface area contributed by atoms with E-state index in [0.717, 1.165) is 12.8 Å². The van der Waals surface area contributed by atoms with Crippen molar-refractivity contribution in [2.24, 2.45) is 0 Å². The summed E-state index contributed by atoms with van der Waals surface area (Å²) in [5.41, 5.74) is 0. The van der Waals surface area contributed by atoms with Crippen molar-refractivity contribution in [3.63, 3.8) is 0 Å². The highest BCUT2D eigenvalue weighted by Crippen LogP contribution is 2.28. The van der Waals surface area contributed by atoms with Crippen LogP contribution >= 0.6 is 0 Å². The Bertz CT molecular complexity index is 425. The Morgan fingerprint density at radius 2 is 1.79 bits per heavy atom. The summed E-state index contributed by atoms with van der Waals surface area (Å²) in [5.74, 6) is -0.681. The third-order valence-electron chi connectivity index (χ3n) is 4.18. The molecule has 0 aromatic carbocycles. The molecule has 2 atom stereocenters. The van der Waals surface area contributed by atoms with Crippen molar-refractivity contribution in [2.45, 2.75) is 89.8 Å². The summed E-state index contributed by atoms with van der Waals surface area (Å²) in [7, 11) is 0. The lowest BCUT2D eigenvalue weighted by Gasteiger charge is -1.97. The molecule has 1 aliphatic rings. The quantitative estimate of drug-likeness (QED) is 0.201. The van der Waals surface area contributed by atoms with Gasteiger partial charge in [0.05, 0.1) is 6.10 Å². The molecule has 0 amide bonds. The van der Waals surface area contributed by atoms with Crippen LogP contribution in [-0.4, -0.2) is 29.1 Å². The van der Waals surface area contributed by atoms with Crippen LogP contribution in [0, 0.1) is 0 Å². The highest BCUT2D eigenvalue weighted by atomic mass is 16.6. The van der Waals surface area contributed by atoms with Gasteiger partial charge in [-0.05, 0) is 37.8 Å². The molecule has 24 heavy (non-hydrogen) atoms. The highest BCUT2D eigenvalue weighted by Gasteiger charge is 2.35. The van der Waals surface area contributed by atoms with Gasteiger partial charge in [-0.15, -0.1) is 0 Å². The highest BCUT2D eigenvalue weighted by molar-refractivity contribution is 5.90. The molecule has 1 saturated heterocycles. The van der Waals surface area contributed by atoms with Gasteiger partial charge in [-0.1, -0.05) is 51.2 Å². The van der Waals surface area contributed by atoms with Crippen molar-refractivity contribution < 1.29 is 19.4 Å². The fourth-order valence-electron chi connectivity index (χ4n) is 2.64. The molecule has 0 aliphatic carbocycles. The molecular weight excluding hydrogens is 304 g/mol. The third kappa shape index (κ3) is 11.2. The molecule has 2 unspecified atom stereocenters. The molecule has 0 aromatic heterocycles. The molecule has 0 radical (unpaired) electrons. The number of aliphatic carboxylic acids is 1. The molecule has 136 valence electrons. The van der Waals surface area contributed by atoms with Gasteiger partial charge in [0.15, 0.2) is 5.78 Å². The number of carbonyl (C=O) groups excluding carboxylic acids is 1. The number of ether oxygens (including phenoxy) is 1. The van der Waals surface area contributed by atoms with Crippen molar-refractivity contribution in [2.75, 3.05) is 0 Å². The lowest BCUT2D eigenvalue weighted by Crippen LogP contribution is -1.98. The van der Waals surface area contributed by atoms with E-state index < -0.39 is 5.97 Å². The number of hydrogen-bond acceptors (Lipinski definition) is 3. The zero-order valence-electron chi connectivity index (χ0n) is 14.9. The first-order valence-electron chi connectivity index (χ1n) is 9.36. The number of rotatable bonds is 15. The molecule has 0 aromatic rings. The van der Waals surface area contributed by atoms with Crippen molar-refractivity contribution in [1.29, 1.82) is 0 Å². The van der Waals surface area contributed by atoms with E-state index in [4.69, 9.17) is 9.84 Å². The lowest BCUT2D eigenvalue weighted by molar-refractivity contribution is -0.137. The van der Waals surface area contributed by atoms with Crippen LogP contribution in [0.4, 0.5) is 0 Å². The molecule has 1 fully saturated rings. The van der Waals surface area contributed by atoms with E-state index in [9.17, 15) is 9.59 Å². The van der Waals surface area contributed by atoms with Crippen LogP contribution in [0.25, 0.3) is 0 Å². The molecule has 0 bridgehead atoms. The van der Waals surface area contributed by atoms with Crippen molar-refractivity contribution >= 4 is 11.8 Å². The molecule has 1 heterocycles. The molecule has 4 nitrogen and oxygen atoms in total. The Labute approximate surface area is 146 Å². The normalized spacial score (nSPS) is 20.0. The summed E-state index contributed by atoms with van der Waals surface area (Å²) in [4.78, 5) is 22.1. The molecule has 0 spiro atoms. The van der Waals surface area contributed by atoms with Gasteiger partial charge >= 0.3 is 5.97 Å². The van der Waals surface area contributed by atoms with Gasteiger partial charge in [-0.3, -0.25) is 9.59 Å². The summed E-state index contributed by atoms with van der Waals surface area (Å²) in [5, 5.41) is 8.57. The van der Waals surface area contributed by atoms with Crippen LogP contribution in [-0.2, 0) is 14.3 Å². The van der Waals surface area contributed by atoms with Crippen molar-refractivity contribution in [3.05, 3.63) is 24.3 Å². The van der Waals surface area contributed by atoms with E-state index in [2.05, 4.69) is 13.0 Å². The number of carbonyl (C=O) groups is 2. The average Bonchev–Trinajstić information content (AvgIpc) is 3.29. The van der Waals surface area contributed by atoms with Crippen LogP contribution in [0.15, 0.2) is 24.3 Å². The second kappa shape index (κ2) is 12.9. The molecule has 1 aliphatic heterocycles. The topological polar surface area (TPSA) is 66.9 Å². The van der Waals surface area contributed by atoms with E-state index in [1.165, 1.54) is 38.5 Å². The van der Waals surface area contributed by atoms with E-state index >= 15 is 0 Å². The molecule has 1 rings (SSSR count). The number of hydrogen-bond donors (Lipinski definition) is 1. The first-order chi connectivity index (χ1) is 11.6. The van der Waals surface area contributed by atoms with Gasteiger partial charge < -0.3 is 9.84 Å². The van der Waals surface area contributed by atoms with E-state index in [0.29, 0.717) is 12.8 Å². The maximum atomic E-state index is 11.7. The second-order valence-electron chi connectivity index (χ2n) is 6.48. The summed E-state index contributed by atoms with van der Waals surface area (Å²) < 4.78 is 5.40. The summed E-state index contributed by atoms with van der Waals surface area (Å²) in [6.45, 7) is 2.23.